The van der Waals surface area contributed by atoms with Gasteiger partial charge in [-0.1, -0.05) is 13.3 Å². The predicted octanol–water partition coefficient (Wildman–Crippen LogP) is 1.57. The van der Waals surface area contributed by atoms with Crippen molar-refractivity contribution in [2.24, 2.45) is 5.92 Å². The highest BCUT2D eigenvalue weighted by Gasteiger charge is 2.50. The normalized spacial score (nSPS) is 35.7. The van der Waals surface area contributed by atoms with E-state index in [1.807, 2.05) is 6.92 Å². The van der Waals surface area contributed by atoms with E-state index in [4.69, 9.17) is 4.74 Å². The van der Waals surface area contributed by atoms with Gasteiger partial charge in [0.15, 0.2) is 0 Å². The summed E-state index contributed by atoms with van der Waals surface area (Å²) in [6.07, 6.45) is 2.90. The summed E-state index contributed by atoms with van der Waals surface area (Å²) in [4.78, 5) is 0. The molecule has 66 valence electrons. The molecule has 0 aromatic carbocycles. The molecule has 1 fully saturated rings. The van der Waals surface area contributed by atoms with Crippen LogP contribution in [0.25, 0.3) is 0 Å². The van der Waals surface area contributed by atoms with Gasteiger partial charge in [-0.05, 0) is 25.7 Å². The standard InChI is InChI=1S/C9H18O2/c1-3-8-7-9(8,10)5-6-11-4-2/h8,10H,3-7H2,1-2H3. The van der Waals surface area contributed by atoms with Gasteiger partial charge in [0.1, 0.15) is 0 Å². The van der Waals surface area contributed by atoms with Crippen molar-refractivity contribution in [3.05, 3.63) is 0 Å². The van der Waals surface area contributed by atoms with Gasteiger partial charge >= 0.3 is 0 Å². The van der Waals surface area contributed by atoms with Crippen LogP contribution in [-0.2, 0) is 4.74 Å². The van der Waals surface area contributed by atoms with Crippen molar-refractivity contribution >= 4 is 0 Å². The molecule has 2 nitrogen and oxygen atoms in total. The Balaban J connectivity index is 2.08. The Morgan fingerprint density at radius 3 is 2.73 bits per heavy atom. The smallest absolute Gasteiger partial charge is 0.0702 e. The van der Waals surface area contributed by atoms with E-state index in [2.05, 4.69) is 6.92 Å². The molecule has 0 heterocycles. The van der Waals surface area contributed by atoms with Gasteiger partial charge in [-0.2, -0.15) is 0 Å². The van der Waals surface area contributed by atoms with Crippen molar-refractivity contribution in [1.29, 1.82) is 0 Å². The lowest BCUT2D eigenvalue weighted by molar-refractivity contribution is 0.0642. The molecule has 0 aliphatic heterocycles. The predicted molar refractivity (Wildman–Crippen MR) is 44.5 cm³/mol. The molecular weight excluding hydrogens is 140 g/mol. The molecule has 2 unspecified atom stereocenters. The molecule has 0 saturated heterocycles. The van der Waals surface area contributed by atoms with E-state index in [-0.39, 0.29) is 5.60 Å². The molecule has 0 aromatic heterocycles. The first-order valence-electron chi connectivity index (χ1n) is 4.53. The van der Waals surface area contributed by atoms with Crippen LogP contribution in [0.2, 0.25) is 0 Å². The minimum absolute atomic E-state index is 0.357. The largest absolute Gasteiger partial charge is 0.389 e. The minimum Gasteiger partial charge on any atom is -0.389 e. The number of hydrogen-bond acceptors (Lipinski definition) is 2. The minimum atomic E-state index is -0.357. The Kier molecular flexibility index (Phi) is 2.90. The Morgan fingerprint density at radius 2 is 2.27 bits per heavy atom. The van der Waals surface area contributed by atoms with Gasteiger partial charge in [0, 0.05) is 13.2 Å². The molecule has 0 spiro atoms. The second kappa shape index (κ2) is 3.55. The molecule has 1 N–H and O–H groups in total. The summed E-state index contributed by atoms with van der Waals surface area (Å²) in [6.45, 7) is 5.58. The van der Waals surface area contributed by atoms with Crippen LogP contribution in [0.1, 0.15) is 33.1 Å². The zero-order valence-electron chi connectivity index (χ0n) is 7.47. The van der Waals surface area contributed by atoms with Crippen molar-refractivity contribution < 1.29 is 9.84 Å². The molecule has 1 saturated carbocycles. The summed E-state index contributed by atoms with van der Waals surface area (Å²) in [5.74, 6) is 0.544. The average molecular weight is 158 g/mol. The second-order valence-corrected chi connectivity index (χ2v) is 3.36. The molecule has 0 amide bonds. The molecule has 1 rings (SSSR count). The van der Waals surface area contributed by atoms with Crippen molar-refractivity contribution in [2.75, 3.05) is 13.2 Å². The summed E-state index contributed by atoms with van der Waals surface area (Å²) in [7, 11) is 0. The van der Waals surface area contributed by atoms with Gasteiger partial charge in [0.2, 0.25) is 0 Å². The monoisotopic (exact) mass is 158 g/mol. The summed E-state index contributed by atoms with van der Waals surface area (Å²) >= 11 is 0. The van der Waals surface area contributed by atoms with Gasteiger partial charge in [-0.25, -0.2) is 0 Å². The van der Waals surface area contributed by atoms with Crippen molar-refractivity contribution in [1.82, 2.24) is 0 Å². The van der Waals surface area contributed by atoms with Crippen LogP contribution in [0, 0.1) is 5.92 Å². The number of ether oxygens (including phenoxy) is 1. The zero-order chi connectivity index (χ0) is 8.32. The van der Waals surface area contributed by atoms with Gasteiger partial charge in [0.05, 0.1) is 5.60 Å². The van der Waals surface area contributed by atoms with Crippen LogP contribution in [-0.4, -0.2) is 23.9 Å². The lowest BCUT2D eigenvalue weighted by Gasteiger charge is -2.08. The van der Waals surface area contributed by atoms with Gasteiger partial charge in [-0.3, -0.25) is 0 Å². The maximum absolute atomic E-state index is 9.74. The maximum atomic E-state index is 9.74. The summed E-state index contributed by atoms with van der Waals surface area (Å²) in [6, 6.07) is 0. The van der Waals surface area contributed by atoms with E-state index in [9.17, 15) is 5.11 Å². The fourth-order valence-electron chi connectivity index (χ4n) is 1.59. The second-order valence-electron chi connectivity index (χ2n) is 3.36. The van der Waals surface area contributed by atoms with Gasteiger partial charge in [-0.15, -0.1) is 0 Å². The van der Waals surface area contributed by atoms with Gasteiger partial charge in [0.25, 0.3) is 0 Å². The Hall–Kier alpha value is -0.0800. The summed E-state index contributed by atoms with van der Waals surface area (Å²) in [5, 5.41) is 9.74. The highest BCUT2D eigenvalue weighted by molar-refractivity contribution is 5.02. The highest BCUT2D eigenvalue weighted by atomic mass is 16.5. The Labute approximate surface area is 68.6 Å². The zero-order valence-corrected chi connectivity index (χ0v) is 7.47. The molecule has 2 heteroatoms. The molecule has 2 atom stereocenters. The topological polar surface area (TPSA) is 29.5 Å². The fourth-order valence-corrected chi connectivity index (χ4v) is 1.59. The first-order chi connectivity index (χ1) is 5.23. The van der Waals surface area contributed by atoms with E-state index in [1.54, 1.807) is 0 Å². The van der Waals surface area contributed by atoms with Crippen molar-refractivity contribution in [3.63, 3.8) is 0 Å². The van der Waals surface area contributed by atoms with E-state index in [1.165, 1.54) is 0 Å². The van der Waals surface area contributed by atoms with Gasteiger partial charge < -0.3 is 9.84 Å². The van der Waals surface area contributed by atoms with Crippen molar-refractivity contribution in [3.8, 4) is 0 Å². The molecule has 0 radical (unpaired) electrons. The molecule has 0 aromatic rings. The fraction of sp³-hybridized carbons (Fsp3) is 1.00. The van der Waals surface area contributed by atoms with Crippen LogP contribution < -0.4 is 0 Å². The summed E-state index contributed by atoms with van der Waals surface area (Å²) < 4.78 is 5.18. The molecule has 11 heavy (non-hydrogen) atoms. The average Bonchev–Trinajstić information content (AvgIpc) is 2.63. The Morgan fingerprint density at radius 1 is 1.55 bits per heavy atom. The molecule has 1 aliphatic rings. The van der Waals surface area contributed by atoms with Crippen LogP contribution in [0.15, 0.2) is 0 Å². The van der Waals surface area contributed by atoms with Crippen LogP contribution in [0.5, 0.6) is 0 Å². The molecule has 1 aliphatic carbocycles. The van der Waals surface area contributed by atoms with Crippen molar-refractivity contribution in [2.45, 2.75) is 38.7 Å². The number of rotatable bonds is 5. The summed E-state index contributed by atoms with van der Waals surface area (Å²) in [5.41, 5.74) is -0.357. The van der Waals surface area contributed by atoms with E-state index >= 15 is 0 Å². The first-order valence-corrected chi connectivity index (χ1v) is 4.53. The quantitative estimate of drug-likeness (QED) is 0.615. The molecule has 0 bridgehead atoms. The third-order valence-electron chi connectivity index (χ3n) is 2.58. The molecular formula is C9H18O2. The van der Waals surface area contributed by atoms with E-state index in [0.29, 0.717) is 12.5 Å². The third kappa shape index (κ3) is 2.17. The van der Waals surface area contributed by atoms with Crippen LogP contribution in [0.4, 0.5) is 0 Å². The SMILES string of the molecule is CCOCCC1(O)CC1CC. The third-order valence-corrected chi connectivity index (χ3v) is 2.58. The number of aliphatic hydroxyl groups is 1. The maximum Gasteiger partial charge on any atom is 0.0702 e. The lowest BCUT2D eigenvalue weighted by atomic mass is 10.1. The highest BCUT2D eigenvalue weighted by Crippen LogP contribution is 2.47. The first kappa shape index (κ1) is 9.01. The van der Waals surface area contributed by atoms with E-state index < -0.39 is 0 Å². The van der Waals surface area contributed by atoms with Crippen LogP contribution >= 0.6 is 0 Å². The lowest BCUT2D eigenvalue weighted by Crippen LogP contribution is -2.14. The Bertz CT molecular complexity index is 125. The number of hydrogen-bond donors (Lipinski definition) is 1. The van der Waals surface area contributed by atoms with Crippen LogP contribution in [0.3, 0.4) is 0 Å². The van der Waals surface area contributed by atoms with E-state index in [0.717, 1.165) is 25.9 Å².